The standard InChI is InChI=1S/C24H30N2O6S/c27-16-23-22(13-10-20(32-23)14-15-25-24(28)17-6-7-17)26-33(29,30)21-11-8-19(9-12-21)31-18-4-2-1-3-5-18/h1-5,8-9,11-12,17,20,22-23,26-27H,6-7,10,13-16H2,(H,25,28)/t20-,22+,23-/m0/s1. The van der Waals surface area contributed by atoms with Crippen molar-refractivity contribution in [2.24, 2.45) is 5.92 Å². The summed E-state index contributed by atoms with van der Waals surface area (Å²) < 4.78 is 40.1. The van der Waals surface area contributed by atoms with Crippen molar-refractivity contribution in [2.75, 3.05) is 13.2 Å². The molecule has 0 aromatic heterocycles. The Morgan fingerprint density at radius 1 is 1.00 bits per heavy atom. The fourth-order valence-corrected chi connectivity index (χ4v) is 5.20. The molecule has 8 nitrogen and oxygen atoms in total. The molecule has 2 aromatic carbocycles. The van der Waals surface area contributed by atoms with E-state index in [9.17, 15) is 18.3 Å². The molecule has 3 atom stereocenters. The molecule has 178 valence electrons. The van der Waals surface area contributed by atoms with E-state index in [1.807, 2.05) is 30.3 Å². The molecule has 0 unspecified atom stereocenters. The summed E-state index contributed by atoms with van der Waals surface area (Å²) in [5, 5.41) is 12.7. The van der Waals surface area contributed by atoms with E-state index >= 15 is 0 Å². The van der Waals surface area contributed by atoms with Gasteiger partial charge in [0.1, 0.15) is 11.5 Å². The van der Waals surface area contributed by atoms with Crippen LogP contribution < -0.4 is 14.8 Å². The summed E-state index contributed by atoms with van der Waals surface area (Å²) in [6, 6.07) is 14.9. The number of para-hydroxylation sites is 1. The van der Waals surface area contributed by atoms with Crippen LogP contribution in [0.1, 0.15) is 32.1 Å². The van der Waals surface area contributed by atoms with Crippen molar-refractivity contribution < 1.29 is 27.8 Å². The molecule has 2 fully saturated rings. The van der Waals surface area contributed by atoms with E-state index < -0.39 is 22.2 Å². The number of hydrogen-bond acceptors (Lipinski definition) is 6. The largest absolute Gasteiger partial charge is 0.457 e. The predicted octanol–water partition coefficient (Wildman–Crippen LogP) is 2.58. The number of aliphatic hydroxyl groups is 1. The Morgan fingerprint density at radius 3 is 2.36 bits per heavy atom. The number of amides is 1. The molecule has 3 N–H and O–H groups in total. The zero-order valence-corrected chi connectivity index (χ0v) is 19.2. The molecule has 1 aliphatic heterocycles. The molecule has 0 radical (unpaired) electrons. The second kappa shape index (κ2) is 10.6. The van der Waals surface area contributed by atoms with Gasteiger partial charge in [-0.3, -0.25) is 4.79 Å². The number of ether oxygens (including phenoxy) is 2. The molecular weight excluding hydrogens is 444 g/mol. The number of carbonyl (C=O) groups is 1. The van der Waals surface area contributed by atoms with Gasteiger partial charge in [-0.1, -0.05) is 18.2 Å². The molecule has 1 heterocycles. The van der Waals surface area contributed by atoms with Gasteiger partial charge in [0.15, 0.2) is 0 Å². The molecular formula is C24H30N2O6S. The summed E-state index contributed by atoms with van der Waals surface area (Å²) in [4.78, 5) is 11.9. The van der Waals surface area contributed by atoms with Crippen molar-refractivity contribution in [3.05, 3.63) is 54.6 Å². The van der Waals surface area contributed by atoms with Gasteiger partial charge >= 0.3 is 0 Å². The van der Waals surface area contributed by atoms with Crippen LogP contribution in [0.15, 0.2) is 59.5 Å². The average molecular weight is 475 g/mol. The number of rotatable bonds is 10. The molecule has 4 rings (SSSR count). The summed E-state index contributed by atoms with van der Waals surface area (Å²) in [6.45, 7) is 0.230. The third-order valence-corrected chi connectivity index (χ3v) is 7.43. The Hall–Kier alpha value is -2.46. The second-order valence-electron chi connectivity index (χ2n) is 8.52. The Kier molecular flexibility index (Phi) is 7.64. The molecule has 9 heteroatoms. The highest BCUT2D eigenvalue weighted by molar-refractivity contribution is 7.89. The predicted molar refractivity (Wildman–Crippen MR) is 122 cm³/mol. The topological polar surface area (TPSA) is 114 Å². The van der Waals surface area contributed by atoms with Crippen LogP contribution in [0.25, 0.3) is 0 Å². The monoisotopic (exact) mass is 474 g/mol. The summed E-state index contributed by atoms with van der Waals surface area (Å²) >= 11 is 0. The van der Waals surface area contributed by atoms with Crippen LogP contribution in [0, 0.1) is 5.92 Å². The maximum absolute atomic E-state index is 12.9. The van der Waals surface area contributed by atoms with E-state index in [4.69, 9.17) is 9.47 Å². The van der Waals surface area contributed by atoms with Gasteiger partial charge in [-0.25, -0.2) is 13.1 Å². The minimum atomic E-state index is -3.79. The number of nitrogens with one attached hydrogen (secondary N) is 2. The lowest BCUT2D eigenvalue weighted by molar-refractivity contribution is -0.122. The Morgan fingerprint density at radius 2 is 1.70 bits per heavy atom. The fraction of sp³-hybridized carbons (Fsp3) is 0.458. The van der Waals surface area contributed by atoms with Crippen molar-refractivity contribution in [3.8, 4) is 11.5 Å². The van der Waals surface area contributed by atoms with Gasteiger partial charge in [-0.15, -0.1) is 0 Å². The highest BCUT2D eigenvalue weighted by atomic mass is 32.2. The zero-order chi connectivity index (χ0) is 23.3. The minimum Gasteiger partial charge on any atom is -0.457 e. The molecule has 0 spiro atoms. The number of sulfonamides is 1. The van der Waals surface area contributed by atoms with Crippen molar-refractivity contribution in [2.45, 2.75) is 55.2 Å². The van der Waals surface area contributed by atoms with Crippen LogP contribution in [-0.4, -0.2) is 50.8 Å². The van der Waals surface area contributed by atoms with Gasteiger partial charge in [-0.05, 0) is 68.5 Å². The Labute approximate surface area is 194 Å². The zero-order valence-electron chi connectivity index (χ0n) is 18.4. The molecule has 2 aliphatic rings. The smallest absolute Gasteiger partial charge is 0.240 e. The van der Waals surface area contributed by atoms with Gasteiger partial charge in [0, 0.05) is 12.5 Å². The summed E-state index contributed by atoms with van der Waals surface area (Å²) in [6.07, 6.45) is 2.98. The normalized spacial score (nSPS) is 23.1. The van der Waals surface area contributed by atoms with E-state index in [2.05, 4.69) is 10.0 Å². The van der Waals surface area contributed by atoms with Crippen LogP contribution in [0.4, 0.5) is 0 Å². The van der Waals surface area contributed by atoms with Crippen LogP contribution in [-0.2, 0) is 19.6 Å². The third kappa shape index (κ3) is 6.54. The van der Waals surface area contributed by atoms with E-state index in [1.165, 1.54) is 12.1 Å². The van der Waals surface area contributed by atoms with Gasteiger partial charge in [0.2, 0.25) is 15.9 Å². The number of carbonyl (C=O) groups excluding carboxylic acids is 1. The number of aliphatic hydroxyl groups excluding tert-OH is 1. The lowest BCUT2D eigenvalue weighted by Crippen LogP contribution is -2.51. The minimum absolute atomic E-state index is 0.0929. The fourth-order valence-electron chi connectivity index (χ4n) is 3.90. The van der Waals surface area contributed by atoms with Gasteiger partial charge in [-0.2, -0.15) is 0 Å². The summed E-state index contributed by atoms with van der Waals surface area (Å²) in [5.41, 5.74) is 0. The van der Waals surface area contributed by atoms with Crippen molar-refractivity contribution in [3.63, 3.8) is 0 Å². The number of hydrogen-bond donors (Lipinski definition) is 3. The first-order valence-corrected chi connectivity index (χ1v) is 12.8. The third-order valence-electron chi connectivity index (χ3n) is 5.93. The van der Waals surface area contributed by atoms with E-state index in [-0.39, 0.29) is 29.4 Å². The quantitative estimate of drug-likeness (QED) is 0.488. The highest BCUT2D eigenvalue weighted by Gasteiger charge is 2.34. The molecule has 1 aliphatic carbocycles. The number of benzene rings is 2. The first-order valence-electron chi connectivity index (χ1n) is 11.3. The van der Waals surface area contributed by atoms with Crippen molar-refractivity contribution in [1.82, 2.24) is 10.0 Å². The van der Waals surface area contributed by atoms with Gasteiger partial charge < -0.3 is 19.9 Å². The molecule has 1 saturated heterocycles. The van der Waals surface area contributed by atoms with Crippen LogP contribution in [0.3, 0.4) is 0 Å². The maximum atomic E-state index is 12.9. The van der Waals surface area contributed by atoms with Crippen LogP contribution in [0.5, 0.6) is 11.5 Å². The average Bonchev–Trinajstić information content (AvgIpc) is 3.66. The van der Waals surface area contributed by atoms with Gasteiger partial charge in [0.25, 0.3) is 0 Å². The lowest BCUT2D eigenvalue weighted by atomic mass is 9.98. The van der Waals surface area contributed by atoms with E-state index in [1.54, 1.807) is 12.1 Å². The summed E-state index contributed by atoms with van der Waals surface area (Å²) in [5.74, 6) is 1.46. The maximum Gasteiger partial charge on any atom is 0.240 e. The first kappa shape index (κ1) is 23.7. The second-order valence-corrected chi connectivity index (χ2v) is 10.2. The molecule has 1 saturated carbocycles. The first-order chi connectivity index (χ1) is 15.9. The molecule has 2 aromatic rings. The van der Waals surface area contributed by atoms with Gasteiger partial charge in [0.05, 0.1) is 29.8 Å². The Bertz CT molecular complexity index is 1020. The van der Waals surface area contributed by atoms with E-state index in [0.717, 1.165) is 12.8 Å². The molecule has 33 heavy (non-hydrogen) atoms. The lowest BCUT2D eigenvalue weighted by Gasteiger charge is -2.36. The molecule has 0 bridgehead atoms. The SMILES string of the molecule is O=C(NCC[C@@H]1CC[C@@H](NS(=O)(=O)c2ccc(Oc3ccccc3)cc2)[C@H](CO)O1)C1CC1. The summed E-state index contributed by atoms with van der Waals surface area (Å²) in [7, 11) is -3.79. The van der Waals surface area contributed by atoms with Crippen molar-refractivity contribution >= 4 is 15.9 Å². The highest BCUT2D eigenvalue weighted by Crippen LogP contribution is 2.29. The molecule has 1 amide bonds. The van der Waals surface area contributed by atoms with Crippen LogP contribution >= 0.6 is 0 Å². The van der Waals surface area contributed by atoms with Crippen molar-refractivity contribution in [1.29, 1.82) is 0 Å². The van der Waals surface area contributed by atoms with E-state index in [0.29, 0.717) is 37.3 Å². The Balaban J connectivity index is 1.30. The van der Waals surface area contributed by atoms with Crippen LogP contribution in [0.2, 0.25) is 0 Å².